The number of aromatic nitrogens is 1. The second-order valence-corrected chi connectivity index (χ2v) is 9.70. The van der Waals surface area contributed by atoms with Crippen molar-refractivity contribution in [3.63, 3.8) is 0 Å². The summed E-state index contributed by atoms with van der Waals surface area (Å²) in [6.07, 6.45) is 0.451. The zero-order chi connectivity index (χ0) is 13.6. The van der Waals surface area contributed by atoms with Crippen LogP contribution in [0.25, 0.3) is 10.2 Å². The summed E-state index contributed by atoms with van der Waals surface area (Å²) in [5.74, 6) is 0.124. The molecule has 0 saturated carbocycles. The van der Waals surface area contributed by atoms with E-state index in [0.29, 0.717) is 16.4 Å². The highest BCUT2D eigenvalue weighted by atomic mass is 32.2. The largest absolute Gasteiger partial charge is 0.399 e. The number of nitrogens with zero attached hydrogens (tertiary/aromatic N) is 1. The van der Waals surface area contributed by atoms with Gasteiger partial charge in [-0.3, -0.25) is 4.21 Å². The standard InChI is InChI=1S/C11H12N2O3S3/c12-7-1-2-9-10(5-7)17-11(13-9)18(14)8-3-4-19(15,16)6-8/h1-2,5,8H,3-4,6,12H2. The predicted octanol–water partition coefficient (Wildman–Crippen LogP) is 1.17. The van der Waals surface area contributed by atoms with Crippen LogP contribution in [0.15, 0.2) is 22.5 Å². The van der Waals surface area contributed by atoms with Crippen molar-refractivity contribution < 1.29 is 12.6 Å². The van der Waals surface area contributed by atoms with Crippen LogP contribution >= 0.6 is 11.3 Å². The van der Waals surface area contributed by atoms with Gasteiger partial charge in [0.2, 0.25) is 0 Å². The SMILES string of the molecule is Nc1ccc2nc(S(=O)C3CCS(=O)(=O)C3)sc2c1. The minimum Gasteiger partial charge on any atom is -0.399 e. The molecule has 2 unspecified atom stereocenters. The van der Waals surface area contributed by atoms with E-state index in [2.05, 4.69) is 4.98 Å². The summed E-state index contributed by atoms with van der Waals surface area (Å²) in [6, 6.07) is 5.32. The van der Waals surface area contributed by atoms with Gasteiger partial charge in [-0.2, -0.15) is 0 Å². The number of nitrogen functional groups attached to an aromatic ring is 1. The maximum Gasteiger partial charge on any atom is 0.182 e. The van der Waals surface area contributed by atoms with Gasteiger partial charge in [0, 0.05) is 5.69 Å². The first-order chi connectivity index (χ1) is 8.94. The van der Waals surface area contributed by atoms with Crippen molar-refractivity contribution in [1.82, 2.24) is 4.98 Å². The van der Waals surface area contributed by atoms with Crippen LogP contribution in [0.5, 0.6) is 0 Å². The Bertz CT molecular complexity index is 767. The van der Waals surface area contributed by atoms with Crippen LogP contribution in [-0.4, -0.2) is 34.4 Å². The Balaban J connectivity index is 1.94. The summed E-state index contributed by atoms with van der Waals surface area (Å²) in [4.78, 5) is 4.31. The average Bonchev–Trinajstić information content (AvgIpc) is 2.90. The quantitative estimate of drug-likeness (QED) is 0.840. The van der Waals surface area contributed by atoms with Gasteiger partial charge in [0.25, 0.3) is 0 Å². The molecule has 2 N–H and O–H groups in total. The van der Waals surface area contributed by atoms with Crippen LogP contribution in [0.4, 0.5) is 5.69 Å². The van der Waals surface area contributed by atoms with E-state index >= 15 is 0 Å². The highest BCUT2D eigenvalue weighted by molar-refractivity contribution is 7.94. The maximum atomic E-state index is 12.4. The van der Waals surface area contributed by atoms with Crippen LogP contribution in [-0.2, 0) is 20.6 Å². The number of hydrogen-bond acceptors (Lipinski definition) is 6. The summed E-state index contributed by atoms with van der Waals surface area (Å²) >= 11 is 1.32. The Kier molecular flexibility index (Phi) is 3.11. The molecule has 1 aliphatic rings. The van der Waals surface area contributed by atoms with Crippen LogP contribution in [0.1, 0.15) is 6.42 Å². The first-order valence-electron chi connectivity index (χ1n) is 5.72. The molecule has 0 bridgehead atoms. The fourth-order valence-electron chi connectivity index (χ4n) is 2.08. The molecule has 0 aliphatic carbocycles. The molecule has 0 amide bonds. The number of nitrogens with two attached hydrogens (primary N) is 1. The number of sulfone groups is 1. The zero-order valence-corrected chi connectivity index (χ0v) is 12.4. The third-order valence-corrected chi connectivity index (χ3v) is 8.04. The second-order valence-electron chi connectivity index (χ2n) is 4.53. The van der Waals surface area contributed by atoms with Gasteiger partial charge in [-0.25, -0.2) is 13.4 Å². The minimum atomic E-state index is -3.02. The van der Waals surface area contributed by atoms with Gasteiger partial charge in [0.15, 0.2) is 14.2 Å². The zero-order valence-electron chi connectivity index (χ0n) is 9.90. The summed E-state index contributed by atoms with van der Waals surface area (Å²) < 4.78 is 36.6. The van der Waals surface area contributed by atoms with Crippen molar-refractivity contribution in [2.75, 3.05) is 17.2 Å². The molecule has 19 heavy (non-hydrogen) atoms. The lowest BCUT2D eigenvalue weighted by molar-refractivity contribution is 0.602. The molecule has 1 aromatic carbocycles. The van der Waals surface area contributed by atoms with Crippen molar-refractivity contribution >= 4 is 47.9 Å². The second kappa shape index (κ2) is 4.53. The maximum absolute atomic E-state index is 12.4. The number of fused-ring (bicyclic) bond motifs is 1. The molecule has 1 aliphatic heterocycles. The Morgan fingerprint density at radius 3 is 2.89 bits per heavy atom. The van der Waals surface area contributed by atoms with Gasteiger partial charge >= 0.3 is 0 Å². The van der Waals surface area contributed by atoms with E-state index in [1.807, 2.05) is 0 Å². The molecule has 1 fully saturated rings. The molecule has 102 valence electrons. The first-order valence-corrected chi connectivity index (χ1v) is 9.57. The molecular formula is C11H12N2O3S3. The molecule has 2 atom stereocenters. The molecule has 2 aromatic rings. The first kappa shape index (κ1) is 13.0. The molecule has 1 saturated heterocycles. The van der Waals surface area contributed by atoms with Crippen molar-refractivity contribution in [2.24, 2.45) is 0 Å². The van der Waals surface area contributed by atoms with Gasteiger partial charge < -0.3 is 5.73 Å². The van der Waals surface area contributed by atoms with Crippen molar-refractivity contribution in [3.05, 3.63) is 18.2 Å². The van der Waals surface area contributed by atoms with E-state index < -0.39 is 20.6 Å². The number of rotatable bonds is 2. The van der Waals surface area contributed by atoms with E-state index in [1.54, 1.807) is 18.2 Å². The number of thiazole rings is 1. The molecule has 2 heterocycles. The Morgan fingerprint density at radius 2 is 2.21 bits per heavy atom. The molecule has 8 heteroatoms. The lowest BCUT2D eigenvalue weighted by Gasteiger charge is -2.03. The van der Waals surface area contributed by atoms with E-state index in [9.17, 15) is 12.6 Å². The monoisotopic (exact) mass is 316 g/mol. The average molecular weight is 316 g/mol. The molecule has 0 spiro atoms. The summed E-state index contributed by atoms with van der Waals surface area (Å²) in [7, 11) is -4.38. The van der Waals surface area contributed by atoms with Gasteiger partial charge in [-0.1, -0.05) is 0 Å². The van der Waals surface area contributed by atoms with Crippen LogP contribution in [0, 0.1) is 0 Å². The summed E-state index contributed by atoms with van der Waals surface area (Å²) in [5.41, 5.74) is 7.08. The van der Waals surface area contributed by atoms with Crippen LogP contribution in [0.3, 0.4) is 0 Å². The number of anilines is 1. The van der Waals surface area contributed by atoms with E-state index in [4.69, 9.17) is 5.73 Å². The Hall–Kier alpha value is -0.990. The summed E-state index contributed by atoms with van der Waals surface area (Å²) in [5, 5.41) is -0.331. The van der Waals surface area contributed by atoms with Crippen LogP contribution < -0.4 is 5.73 Å². The third-order valence-electron chi connectivity index (χ3n) is 3.06. The van der Waals surface area contributed by atoms with Crippen LogP contribution in [0.2, 0.25) is 0 Å². The topological polar surface area (TPSA) is 90.1 Å². The number of benzene rings is 1. The lowest BCUT2D eigenvalue weighted by atomic mass is 10.3. The normalized spacial score (nSPS) is 23.7. The van der Waals surface area contributed by atoms with Crippen molar-refractivity contribution in [2.45, 2.75) is 16.0 Å². The Labute approximate surface area is 117 Å². The fourth-order valence-corrected chi connectivity index (χ4v) is 7.44. The third kappa shape index (κ3) is 2.52. The van der Waals surface area contributed by atoms with Gasteiger partial charge in [0.1, 0.15) is 0 Å². The molecule has 3 rings (SSSR count). The molecule has 0 radical (unpaired) electrons. The molecule has 5 nitrogen and oxygen atoms in total. The van der Waals surface area contributed by atoms with Gasteiger partial charge in [0.05, 0.1) is 37.8 Å². The Morgan fingerprint density at radius 1 is 1.42 bits per heavy atom. The predicted molar refractivity (Wildman–Crippen MR) is 77.5 cm³/mol. The van der Waals surface area contributed by atoms with E-state index in [0.717, 1.165) is 10.2 Å². The van der Waals surface area contributed by atoms with E-state index in [1.165, 1.54) is 11.3 Å². The highest BCUT2D eigenvalue weighted by Gasteiger charge is 2.33. The minimum absolute atomic E-state index is 0.00231. The lowest BCUT2D eigenvalue weighted by Crippen LogP contribution is -2.16. The smallest absolute Gasteiger partial charge is 0.182 e. The van der Waals surface area contributed by atoms with E-state index in [-0.39, 0.29) is 16.8 Å². The summed E-state index contributed by atoms with van der Waals surface area (Å²) in [6.45, 7) is 0. The highest BCUT2D eigenvalue weighted by Crippen LogP contribution is 2.29. The molecular weight excluding hydrogens is 304 g/mol. The van der Waals surface area contributed by atoms with Gasteiger partial charge in [-0.05, 0) is 24.6 Å². The van der Waals surface area contributed by atoms with Crippen molar-refractivity contribution in [3.8, 4) is 0 Å². The number of hydrogen-bond donors (Lipinski definition) is 1. The molecule has 1 aromatic heterocycles. The fraction of sp³-hybridized carbons (Fsp3) is 0.364. The van der Waals surface area contributed by atoms with Crippen molar-refractivity contribution in [1.29, 1.82) is 0 Å². The van der Waals surface area contributed by atoms with Gasteiger partial charge in [-0.15, -0.1) is 11.3 Å².